The first kappa shape index (κ1) is 17.6. The average molecular weight is 359 g/mol. The first-order valence-corrected chi connectivity index (χ1v) is 9.07. The molecule has 26 heavy (non-hydrogen) atoms. The van der Waals surface area contributed by atoms with E-state index in [0.29, 0.717) is 6.04 Å². The fourth-order valence-corrected chi connectivity index (χ4v) is 4.33. The van der Waals surface area contributed by atoms with Gasteiger partial charge < -0.3 is 9.84 Å². The van der Waals surface area contributed by atoms with Gasteiger partial charge in [0.15, 0.2) is 0 Å². The molecule has 2 aliphatic rings. The molecular weight excluding hydrogens is 336 g/mol. The van der Waals surface area contributed by atoms with E-state index in [1.54, 1.807) is 24.3 Å². The highest BCUT2D eigenvalue weighted by molar-refractivity contribution is 5.30. The molecule has 0 aromatic heterocycles. The second-order valence-corrected chi connectivity index (χ2v) is 7.40. The SMILES string of the molecule is CN1[C@H]2C[C@H](OC(c3ccc(F)cc3)c3ccc(F)cc3)C[C@@H]1[C@@H](O)C2. The van der Waals surface area contributed by atoms with Crippen LogP contribution >= 0.6 is 0 Å². The summed E-state index contributed by atoms with van der Waals surface area (Å²) in [6.07, 6.45) is 1.68. The van der Waals surface area contributed by atoms with Gasteiger partial charge in [0.2, 0.25) is 0 Å². The van der Waals surface area contributed by atoms with Gasteiger partial charge in [-0.2, -0.15) is 0 Å². The van der Waals surface area contributed by atoms with Gasteiger partial charge in [-0.05, 0) is 61.7 Å². The molecule has 3 nitrogen and oxygen atoms in total. The van der Waals surface area contributed by atoms with Gasteiger partial charge in [0.05, 0.1) is 12.2 Å². The van der Waals surface area contributed by atoms with Crippen molar-refractivity contribution in [2.24, 2.45) is 0 Å². The normalized spacial score (nSPS) is 28.7. The van der Waals surface area contributed by atoms with E-state index in [1.807, 2.05) is 0 Å². The third-order valence-corrected chi connectivity index (χ3v) is 5.77. The molecule has 0 saturated carbocycles. The zero-order chi connectivity index (χ0) is 18.3. The average Bonchev–Trinajstić information content (AvgIpc) is 2.79. The predicted molar refractivity (Wildman–Crippen MR) is 94.7 cm³/mol. The topological polar surface area (TPSA) is 32.7 Å². The van der Waals surface area contributed by atoms with Gasteiger partial charge in [0.25, 0.3) is 0 Å². The van der Waals surface area contributed by atoms with Crippen LogP contribution in [0.5, 0.6) is 0 Å². The second kappa shape index (κ2) is 7.06. The highest BCUT2D eigenvalue weighted by Gasteiger charge is 2.45. The van der Waals surface area contributed by atoms with Crippen LogP contribution in [0.2, 0.25) is 0 Å². The molecule has 2 aliphatic heterocycles. The van der Waals surface area contributed by atoms with Crippen molar-refractivity contribution in [1.82, 2.24) is 4.90 Å². The Balaban J connectivity index is 1.59. The minimum Gasteiger partial charge on any atom is -0.391 e. The van der Waals surface area contributed by atoms with Gasteiger partial charge in [0.1, 0.15) is 17.7 Å². The molecule has 1 N–H and O–H groups in total. The highest BCUT2D eigenvalue weighted by Crippen LogP contribution is 2.39. The van der Waals surface area contributed by atoms with E-state index in [-0.39, 0.29) is 36.0 Å². The molecule has 2 fully saturated rings. The van der Waals surface area contributed by atoms with Crippen LogP contribution in [0, 0.1) is 11.6 Å². The van der Waals surface area contributed by atoms with E-state index < -0.39 is 0 Å². The number of likely N-dealkylation sites (N-methyl/N-ethyl adjacent to an activating group) is 1. The summed E-state index contributed by atoms with van der Waals surface area (Å²) in [5.41, 5.74) is 1.68. The first-order chi connectivity index (χ1) is 12.5. The molecule has 0 radical (unpaired) electrons. The van der Waals surface area contributed by atoms with Gasteiger partial charge in [-0.3, -0.25) is 4.90 Å². The van der Waals surface area contributed by atoms with Crippen molar-refractivity contribution in [2.75, 3.05) is 7.05 Å². The fraction of sp³-hybridized carbons (Fsp3) is 0.429. The summed E-state index contributed by atoms with van der Waals surface area (Å²) >= 11 is 0. The number of piperidine rings is 1. The van der Waals surface area contributed by atoms with Gasteiger partial charge >= 0.3 is 0 Å². The minimum absolute atomic E-state index is 0.00143. The Bertz CT molecular complexity index is 704. The standard InChI is InChI=1S/C21H23F2NO2/c1-24-17-10-18(12-19(24)20(25)11-17)26-21(13-2-6-15(22)7-3-13)14-4-8-16(23)9-5-14/h2-9,17-21,25H,10-12H2,1H3/t17-,18-,19+,20-/m0/s1. The molecule has 2 saturated heterocycles. The number of aliphatic hydroxyl groups is 1. The largest absolute Gasteiger partial charge is 0.391 e. The Morgan fingerprint density at radius 1 is 0.923 bits per heavy atom. The first-order valence-electron chi connectivity index (χ1n) is 9.07. The summed E-state index contributed by atoms with van der Waals surface area (Å²) in [5, 5.41) is 10.2. The Morgan fingerprint density at radius 3 is 1.96 bits per heavy atom. The van der Waals surface area contributed by atoms with Crippen molar-refractivity contribution in [2.45, 2.75) is 49.7 Å². The van der Waals surface area contributed by atoms with E-state index in [1.165, 1.54) is 24.3 Å². The predicted octanol–water partition coefficient (Wildman–Crippen LogP) is 3.67. The van der Waals surface area contributed by atoms with Crippen LogP contribution in [-0.2, 0) is 4.74 Å². The van der Waals surface area contributed by atoms with Crippen LogP contribution in [-0.4, -0.2) is 41.3 Å². The lowest BCUT2D eigenvalue weighted by Gasteiger charge is -2.38. The van der Waals surface area contributed by atoms with Crippen molar-refractivity contribution in [1.29, 1.82) is 0 Å². The Morgan fingerprint density at radius 2 is 1.46 bits per heavy atom. The van der Waals surface area contributed by atoms with E-state index in [2.05, 4.69) is 11.9 Å². The summed E-state index contributed by atoms with van der Waals surface area (Å²) in [5.74, 6) is -0.598. The van der Waals surface area contributed by atoms with E-state index in [9.17, 15) is 13.9 Å². The lowest BCUT2D eigenvalue weighted by atomic mass is 9.97. The van der Waals surface area contributed by atoms with Crippen LogP contribution in [0.15, 0.2) is 48.5 Å². The van der Waals surface area contributed by atoms with Crippen molar-refractivity contribution in [3.05, 3.63) is 71.3 Å². The molecule has 138 valence electrons. The molecule has 0 unspecified atom stereocenters. The molecule has 2 heterocycles. The van der Waals surface area contributed by atoms with E-state index in [0.717, 1.165) is 30.4 Å². The molecule has 4 atom stereocenters. The molecule has 0 aliphatic carbocycles. The number of fused-ring (bicyclic) bond motifs is 2. The molecular formula is C21H23F2NO2. The Hall–Kier alpha value is -1.82. The molecule has 2 aromatic rings. The second-order valence-electron chi connectivity index (χ2n) is 7.40. The number of nitrogens with zero attached hydrogens (tertiary/aromatic N) is 1. The molecule has 5 heteroatoms. The molecule has 4 rings (SSSR count). The number of aliphatic hydroxyl groups excluding tert-OH is 1. The number of rotatable bonds is 4. The zero-order valence-electron chi connectivity index (χ0n) is 14.7. The van der Waals surface area contributed by atoms with Crippen LogP contribution in [0.25, 0.3) is 0 Å². The summed E-state index contributed by atoms with van der Waals surface area (Å²) < 4.78 is 33.1. The van der Waals surface area contributed by atoms with Gasteiger partial charge in [-0.15, -0.1) is 0 Å². The van der Waals surface area contributed by atoms with Crippen molar-refractivity contribution >= 4 is 0 Å². The Kier molecular flexibility index (Phi) is 4.78. The number of benzene rings is 2. The maximum atomic E-state index is 13.3. The van der Waals surface area contributed by atoms with Crippen LogP contribution in [0.1, 0.15) is 36.5 Å². The van der Waals surface area contributed by atoms with Gasteiger partial charge in [0, 0.05) is 12.1 Å². The third kappa shape index (κ3) is 3.39. The minimum atomic E-state index is -0.388. The van der Waals surface area contributed by atoms with E-state index >= 15 is 0 Å². The van der Waals surface area contributed by atoms with Gasteiger partial charge in [-0.1, -0.05) is 24.3 Å². The summed E-state index contributed by atoms with van der Waals surface area (Å²) in [6, 6.07) is 12.9. The summed E-state index contributed by atoms with van der Waals surface area (Å²) in [4.78, 5) is 2.25. The fourth-order valence-electron chi connectivity index (χ4n) is 4.33. The number of ether oxygens (including phenoxy) is 1. The highest BCUT2D eigenvalue weighted by atomic mass is 19.1. The van der Waals surface area contributed by atoms with E-state index in [4.69, 9.17) is 4.74 Å². The number of hydrogen-bond donors (Lipinski definition) is 1. The van der Waals surface area contributed by atoms with Crippen LogP contribution < -0.4 is 0 Å². The monoisotopic (exact) mass is 359 g/mol. The molecule has 2 bridgehead atoms. The van der Waals surface area contributed by atoms with Gasteiger partial charge in [-0.25, -0.2) is 8.78 Å². The number of hydrogen-bond acceptors (Lipinski definition) is 3. The summed E-state index contributed by atoms with van der Waals surface area (Å²) in [7, 11) is 2.05. The smallest absolute Gasteiger partial charge is 0.123 e. The quantitative estimate of drug-likeness (QED) is 0.904. The lowest BCUT2D eigenvalue weighted by molar-refractivity contribution is -0.0495. The maximum Gasteiger partial charge on any atom is 0.123 e. The third-order valence-electron chi connectivity index (χ3n) is 5.77. The van der Waals surface area contributed by atoms with Crippen molar-refractivity contribution in [3.63, 3.8) is 0 Å². The van der Waals surface area contributed by atoms with Crippen molar-refractivity contribution in [3.8, 4) is 0 Å². The van der Waals surface area contributed by atoms with Crippen LogP contribution in [0.3, 0.4) is 0 Å². The molecule has 0 spiro atoms. The van der Waals surface area contributed by atoms with Crippen molar-refractivity contribution < 1.29 is 18.6 Å². The van der Waals surface area contributed by atoms with Crippen LogP contribution in [0.4, 0.5) is 8.78 Å². The molecule has 2 aromatic carbocycles. The Labute approximate surface area is 152 Å². The summed E-state index contributed by atoms with van der Waals surface area (Å²) in [6.45, 7) is 0. The zero-order valence-corrected chi connectivity index (χ0v) is 14.7. The number of halogens is 2. The molecule has 0 amide bonds. The lowest BCUT2D eigenvalue weighted by Crippen LogP contribution is -2.45. The maximum absolute atomic E-state index is 13.3.